The van der Waals surface area contributed by atoms with Gasteiger partial charge in [0.15, 0.2) is 0 Å². The molecule has 0 radical (unpaired) electrons. The molecular weight excluding hydrogens is 633 g/mol. The summed E-state index contributed by atoms with van der Waals surface area (Å²) in [4.78, 5) is 31.6. The number of ether oxygens (including phenoxy) is 5. The van der Waals surface area contributed by atoms with Crippen molar-refractivity contribution < 1.29 is 48.3 Å². The minimum absolute atomic E-state index is 0. The highest BCUT2D eigenvalue weighted by atomic mass is 127. The highest BCUT2D eigenvalue weighted by Crippen LogP contribution is 2.07. The second kappa shape index (κ2) is 32.5. The molecule has 0 aliphatic heterocycles. The fourth-order valence-electron chi connectivity index (χ4n) is 1.80. The molecule has 2 N–H and O–H groups in total. The lowest BCUT2D eigenvalue weighted by atomic mass is 10.2. The van der Waals surface area contributed by atoms with Crippen LogP contribution in [-0.2, 0) is 23.7 Å². The molecule has 14 heteroatoms. The highest BCUT2D eigenvalue weighted by molar-refractivity contribution is 14.0. The monoisotopic (exact) mass is 672 g/mol. The minimum atomic E-state index is -0.738. The first-order valence-corrected chi connectivity index (χ1v) is 11.7. The molecule has 0 saturated heterocycles. The van der Waals surface area contributed by atoms with Gasteiger partial charge in [0.1, 0.15) is 12.2 Å². The number of halogens is 4. The van der Waals surface area contributed by atoms with Gasteiger partial charge in [-0.25, -0.2) is 14.4 Å². The first-order chi connectivity index (χ1) is 15.3. The molecule has 0 amide bonds. The molecule has 10 nitrogen and oxygen atoms in total. The predicted octanol–water partition coefficient (Wildman–Crippen LogP) is 6.06. The average Bonchev–Trinajstić information content (AvgIpc) is 2.61. The van der Waals surface area contributed by atoms with Gasteiger partial charge < -0.3 is 33.9 Å². The maximum Gasteiger partial charge on any atom is 0.508 e. The fraction of sp³-hybridized carbons (Fsp3) is 0.850. The minimum Gasteiger partial charge on any atom is -0.454 e. The quantitative estimate of drug-likeness (QED) is 0.0977. The Balaban J connectivity index is -0.000000136. The molecule has 4 unspecified atom stereocenters. The standard InChI is InChI=1S/C11H20O6.C5H12O2.C3H5ClO2.CH2Cl2.HI/c1-5-14-10(12)16-8(3)7-9(4)17-11(13)15-6-2;1-4(6)3-5(2)7;1-2-6-3(4)5;2-1-3;/h8-9H,5-7H2,1-4H3;4-7H,3H2,1-2H3;2H2,1H3;1H2;1H. The third-order valence-corrected chi connectivity index (χ3v) is 2.83. The Hall–Kier alpha value is -0.470. The van der Waals surface area contributed by atoms with E-state index in [9.17, 15) is 14.4 Å². The maximum atomic E-state index is 11.0. The van der Waals surface area contributed by atoms with E-state index in [0.29, 0.717) is 19.4 Å². The number of carbonyl (C=O) groups is 3. The molecule has 0 heterocycles. The number of hydrogen-bond acceptors (Lipinski definition) is 10. The van der Waals surface area contributed by atoms with Gasteiger partial charge in [-0.1, -0.05) is 0 Å². The molecule has 0 spiro atoms. The SMILES string of the molecule is CC(O)CC(C)O.CCOC(=O)Cl.CCOC(=O)OC(C)CC(C)OC(=O)OCC.ClCCl.I. The Kier molecular flexibility index (Phi) is 41.7. The van der Waals surface area contributed by atoms with Gasteiger partial charge in [0.05, 0.1) is 37.4 Å². The molecule has 0 aromatic carbocycles. The van der Waals surface area contributed by atoms with Gasteiger partial charge in [0.25, 0.3) is 0 Å². The Bertz CT molecular complexity index is 442. The van der Waals surface area contributed by atoms with Crippen LogP contribution in [0.4, 0.5) is 14.4 Å². The van der Waals surface area contributed by atoms with Crippen LogP contribution in [0.15, 0.2) is 0 Å². The topological polar surface area (TPSA) is 138 Å². The second-order valence-corrected chi connectivity index (χ2v) is 7.28. The molecule has 0 aliphatic carbocycles. The zero-order valence-electron chi connectivity index (χ0n) is 20.8. The van der Waals surface area contributed by atoms with Crippen LogP contribution in [-0.4, -0.2) is 77.5 Å². The number of hydrogen-bond donors (Lipinski definition) is 2. The van der Waals surface area contributed by atoms with Crippen molar-refractivity contribution in [2.45, 2.75) is 85.7 Å². The van der Waals surface area contributed by atoms with Gasteiger partial charge in [-0.15, -0.1) is 47.2 Å². The molecule has 0 aliphatic rings. The van der Waals surface area contributed by atoms with E-state index in [4.69, 9.17) is 54.5 Å². The second-order valence-electron chi connectivity index (χ2n) is 6.16. The van der Waals surface area contributed by atoms with E-state index in [1.165, 1.54) is 0 Å². The number of carbonyl (C=O) groups excluding carboxylic acids is 3. The molecule has 4 atom stereocenters. The largest absolute Gasteiger partial charge is 0.508 e. The van der Waals surface area contributed by atoms with Crippen molar-refractivity contribution in [3.63, 3.8) is 0 Å². The lowest BCUT2D eigenvalue weighted by molar-refractivity contribution is -0.00426. The van der Waals surface area contributed by atoms with Crippen LogP contribution in [0.1, 0.15) is 61.3 Å². The molecule has 0 rings (SSSR count). The van der Waals surface area contributed by atoms with Crippen LogP contribution in [0.25, 0.3) is 0 Å². The zero-order chi connectivity index (χ0) is 26.8. The fourth-order valence-corrected chi connectivity index (χ4v) is 1.91. The third kappa shape index (κ3) is 48.8. The maximum absolute atomic E-state index is 11.0. The van der Waals surface area contributed by atoms with E-state index < -0.39 is 29.9 Å². The summed E-state index contributed by atoms with van der Waals surface area (Å²) in [6.45, 7) is 12.7. The molecule has 0 aromatic heterocycles. The molecule has 0 aromatic rings. The average molecular weight is 674 g/mol. The number of aliphatic hydroxyl groups is 2. The summed E-state index contributed by atoms with van der Waals surface area (Å²) < 4.78 is 23.2. The van der Waals surface area contributed by atoms with Gasteiger partial charge in [0, 0.05) is 18.0 Å². The highest BCUT2D eigenvalue weighted by Gasteiger charge is 2.17. The Morgan fingerprint density at radius 3 is 1.15 bits per heavy atom. The van der Waals surface area contributed by atoms with Gasteiger partial charge in [-0.05, 0) is 54.9 Å². The zero-order valence-corrected chi connectivity index (χ0v) is 25.4. The van der Waals surface area contributed by atoms with Crippen molar-refractivity contribution in [3.05, 3.63) is 0 Å². The number of alkyl halides is 2. The van der Waals surface area contributed by atoms with E-state index in [0.717, 1.165) is 0 Å². The smallest absolute Gasteiger partial charge is 0.454 e. The van der Waals surface area contributed by atoms with Crippen LogP contribution in [0.5, 0.6) is 0 Å². The molecule has 0 fully saturated rings. The van der Waals surface area contributed by atoms with Crippen molar-refractivity contribution in [2.75, 3.05) is 25.2 Å². The van der Waals surface area contributed by atoms with Gasteiger partial charge in [-0.3, -0.25) is 0 Å². The van der Waals surface area contributed by atoms with E-state index in [2.05, 4.69) is 14.2 Å². The van der Waals surface area contributed by atoms with E-state index in [1.54, 1.807) is 48.5 Å². The predicted molar refractivity (Wildman–Crippen MR) is 143 cm³/mol. The summed E-state index contributed by atoms with van der Waals surface area (Å²) in [5.41, 5.74) is -0.738. The lowest BCUT2D eigenvalue weighted by Crippen LogP contribution is -2.24. The molecule has 34 heavy (non-hydrogen) atoms. The lowest BCUT2D eigenvalue weighted by Gasteiger charge is -2.17. The Morgan fingerprint density at radius 2 is 1.00 bits per heavy atom. The summed E-state index contributed by atoms with van der Waals surface area (Å²) in [6.07, 6.45) is -2.11. The van der Waals surface area contributed by atoms with Crippen LogP contribution < -0.4 is 0 Å². The van der Waals surface area contributed by atoms with Crippen LogP contribution in [0.3, 0.4) is 0 Å². The van der Waals surface area contributed by atoms with Crippen molar-refractivity contribution in [2.24, 2.45) is 0 Å². The Morgan fingerprint density at radius 1 is 0.706 bits per heavy atom. The van der Waals surface area contributed by atoms with Crippen LogP contribution in [0, 0.1) is 0 Å². The van der Waals surface area contributed by atoms with Crippen molar-refractivity contribution >= 4 is 76.5 Å². The van der Waals surface area contributed by atoms with E-state index in [-0.39, 0.29) is 54.7 Å². The van der Waals surface area contributed by atoms with Crippen molar-refractivity contribution in [1.82, 2.24) is 0 Å². The van der Waals surface area contributed by atoms with E-state index >= 15 is 0 Å². The molecule has 208 valence electrons. The van der Waals surface area contributed by atoms with Crippen LogP contribution in [0.2, 0.25) is 0 Å². The number of rotatable bonds is 9. The van der Waals surface area contributed by atoms with Gasteiger partial charge >= 0.3 is 17.7 Å². The van der Waals surface area contributed by atoms with Crippen molar-refractivity contribution in [1.29, 1.82) is 0 Å². The number of aliphatic hydroxyl groups excluding tert-OH is 2. The molecule has 0 bridgehead atoms. The summed E-state index contributed by atoms with van der Waals surface area (Å²) in [7, 11) is 0. The normalized spacial score (nSPS) is 12.5. The van der Waals surface area contributed by atoms with Gasteiger partial charge in [-0.2, -0.15) is 0 Å². The summed E-state index contributed by atoms with van der Waals surface area (Å²) >= 11 is 14.2. The van der Waals surface area contributed by atoms with Crippen molar-refractivity contribution in [3.8, 4) is 0 Å². The summed E-state index contributed by atoms with van der Waals surface area (Å²) in [5.74, 6) is 0. The Labute approximate surface area is 234 Å². The molecular formula is C20H40Cl3IO10. The molecule has 0 saturated carbocycles. The first kappa shape index (κ1) is 43.6. The third-order valence-electron chi connectivity index (χ3n) is 2.72. The first-order valence-electron chi connectivity index (χ1n) is 10.3. The van der Waals surface area contributed by atoms with E-state index in [1.807, 2.05) is 0 Å². The summed E-state index contributed by atoms with van der Waals surface area (Å²) in [5, 5.41) is 17.3. The summed E-state index contributed by atoms with van der Waals surface area (Å²) in [6, 6.07) is 0. The van der Waals surface area contributed by atoms with Gasteiger partial charge in [0.2, 0.25) is 0 Å². The van der Waals surface area contributed by atoms with Crippen LogP contribution >= 0.6 is 58.8 Å².